The molecule has 0 fully saturated rings. The molecular formula is C15H13F3N4O. The summed E-state index contributed by atoms with van der Waals surface area (Å²) in [4.78, 5) is 8.87. The van der Waals surface area contributed by atoms with Crippen molar-refractivity contribution in [3.05, 3.63) is 65.2 Å². The smallest absolute Gasteiger partial charge is 0.213 e. The number of hydrogen-bond donors (Lipinski definition) is 2. The topological polar surface area (TPSA) is 74.7 Å². The van der Waals surface area contributed by atoms with E-state index in [1.807, 2.05) is 0 Å². The van der Waals surface area contributed by atoms with E-state index in [0.717, 1.165) is 18.2 Å². The molecule has 0 amide bonds. The maximum Gasteiger partial charge on any atom is 0.213 e. The summed E-state index contributed by atoms with van der Waals surface area (Å²) in [7, 11) is 1.47. The fourth-order valence-corrected chi connectivity index (χ4v) is 2.73. The van der Waals surface area contributed by atoms with E-state index in [1.165, 1.54) is 24.2 Å². The Hall–Kier alpha value is -2.61. The third-order valence-corrected chi connectivity index (χ3v) is 3.86. The predicted octanol–water partition coefficient (Wildman–Crippen LogP) is 1.32. The Morgan fingerprint density at radius 2 is 1.78 bits per heavy atom. The molecule has 1 aliphatic rings. The van der Waals surface area contributed by atoms with Crippen LogP contribution in [0.4, 0.5) is 13.2 Å². The molecule has 0 radical (unpaired) electrons. The van der Waals surface area contributed by atoms with Gasteiger partial charge in [0.15, 0.2) is 17.7 Å². The van der Waals surface area contributed by atoms with Crippen LogP contribution in [0.25, 0.3) is 0 Å². The number of benzene rings is 1. The zero-order chi connectivity index (χ0) is 16.8. The number of guanidine groups is 1. The van der Waals surface area contributed by atoms with E-state index in [4.69, 9.17) is 5.73 Å². The Morgan fingerprint density at radius 3 is 2.30 bits per heavy atom. The molecule has 2 heterocycles. The Kier molecular flexibility index (Phi) is 3.48. The first-order valence-electron chi connectivity index (χ1n) is 6.69. The number of pyridine rings is 1. The van der Waals surface area contributed by atoms with Crippen LogP contribution >= 0.6 is 0 Å². The minimum absolute atomic E-state index is 0.0143. The number of nitrogens with zero attached hydrogens (tertiary/aromatic N) is 3. The molecule has 0 saturated carbocycles. The van der Waals surface area contributed by atoms with Crippen LogP contribution in [0, 0.1) is 17.6 Å². The van der Waals surface area contributed by atoms with Crippen molar-refractivity contribution in [2.45, 2.75) is 11.8 Å². The van der Waals surface area contributed by atoms with Gasteiger partial charge in [-0.1, -0.05) is 0 Å². The summed E-state index contributed by atoms with van der Waals surface area (Å²) in [5.41, 5.74) is 4.28. The lowest BCUT2D eigenvalue weighted by Gasteiger charge is -2.33. The molecule has 8 heteroatoms. The maximum atomic E-state index is 13.7. The fraction of sp³-hybridized carbons (Fsp3) is 0.200. The van der Waals surface area contributed by atoms with Crippen molar-refractivity contribution in [3.63, 3.8) is 0 Å². The SMILES string of the molecule is CN1C(N)=NC(c2cc(F)cc(F)c2)(c2ccnc(F)c2)C1O. The van der Waals surface area contributed by atoms with Gasteiger partial charge in [-0.3, -0.25) is 0 Å². The Labute approximate surface area is 129 Å². The highest BCUT2D eigenvalue weighted by molar-refractivity contribution is 5.82. The second-order valence-corrected chi connectivity index (χ2v) is 5.25. The number of nitrogens with two attached hydrogens (primary N) is 1. The average Bonchev–Trinajstić information content (AvgIpc) is 2.71. The van der Waals surface area contributed by atoms with Crippen molar-refractivity contribution in [1.29, 1.82) is 0 Å². The second kappa shape index (κ2) is 5.24. The van der Waals surface area contributed by atoms with Gasteiger partial charge in [0, 0.05) is 19.3 Å². The number of aliphatic hydroxyl groups excluding tert-OH is 1. The summed E-state index contributed by atoms with van der Waals surface area (Å²) in [5.74, 6) is -2.54. The van der Waals surface area contributed by atoms with E-state index in [2.05, 4.69) is 9.98 Å². The van der Waals surface area contributed by atoms with Gasteiger partial charge in [-0.05, 0) is 35.4 Å². The molecule has 2 unspecified atom stereocenters. The van der Waals surface area contributed by atoms with Crippen LogP contribution in [0.5, 0.6) is 0 Å². The van der Waals surface area contributed by atoms with E-state index in [-0.39, 0.29) is 17.1 Å². The van der Waals surface area contributed by atoms with E-state index in [1.54, 1.807) is 0 Å². The zero-order valence-corrected chi connectivity index (χ0v) is 12.0. The number of hydrogen-bond acceptors (Lipinski definition) is 5. The number of likely N-dealkylation sites (N-methyl/N-ethyl adjacent to an activating group) is 1. The number of aromatic nitrogens is 1. The van der Waals surface area contributed by atoms with Gasteiger partial charge in [0.25, 0.3) is 0 Å². The number of aliphatic imine (C=N–C) groups is 1. The van der Waals surface area contributed by atoms with Crippen LogP contribution in [0.2, 0.25) is 0 Å². The minimum Gasteiger partial charge on any atom is -0.370 e. The molecule has 5 nitrogen and oxygen atoms in total. The summed E-state index contributed by atoms with van der Waals surface area (Å²) in [6.45, 7) is 0. The molecule has 0 saturated heterocycles. The molecule has 0 spiro atoms. The van der Waals surface area contributed by atoms with Crippen molar-refractivity contribution < 1.29 is 18.3 Å². The first-order chi connectivity index (χ1) is 10.8. The van der Waals surface area contributed by atoms with E-state index in [0.29, 0.717) is 6.07 Å². The Balaban J connectivity index is 2.31. The highest BCUT2D eigenvalue weighted by Gasteiger charge is 2.49. The summed E-state index contributed by atoms with van der Waals surface area (Å²) < 4.78 is 40.9. The Bertz CT molecular complexity index is 778. The van der Waals surface area contributed by atoms with Crippen molar-refractivity contribution >= 4 is 5.96 Å². The molecule has 1 aromatic heterocycles. The third-order valence-electron chi connectivity index (χ3n) is 3.86. The summed E-state index contributed by atoms with van der Waals surface area (Å²) >= 11 is 0. The van der Waals surface area contributed by atoms with E-state index < -0.39 is 29.3 Å². The number of rotatable bonds is 2. The quantitative estimate of drug-likeness (QED) is 0.818. The van der Waals surface area contributed by atoms with E-state index >= 15 is 0 Å². The summed E-state index contributed by atoms with van der Waals surface area (Å²) in [6, 6.07) is 5.20. The molecule has 1 aromatic carbocycles. The maximum absolute atomic E-state index is 13.7. The molecule has 120 valence electrons. The van der Waals surface area contributed by atoms with Gasteiger partial charge in [0.05, 0.1) is 0 Å². The lowest BCUT2D eigenvalue weighted by Crippen LogP contribution is -2.45. The van der Waals surface area contributed by atoms with Crippen molar-refractivity contribution in [3.8, 4) is 0 Å². The van der Waals surface area contributed by atoms with Gasteiger partial charge in [0.2, 0.25) is 5.95 Å². The molecular weight excluding hydrogens is 309 g/mol. The molecule has 1 aliphatic heterocycles. The van der Waals surface area contributed by atoms with E-state index in [9.17, 15) is 18.3 Å². The molecule has 23 heavy (non-hydrogen) atoms. The van der Waals surface area contributed by atoms with Crippen LogP contribution in [0.3, 0.4) is 0 Å². The van der Waals surface area contributed by atoms with Crippen LogP contribution in [0.1, 0.15) is 11.1 Å². The van der Waals surface area contributed by atoms with Crippen molar-refractivity contribution in [1.82, 2.24) is 9.88 Å². The van der Waals surface area contributed by atoms with Gasteiger partial charge >= 0.3 is 0 Å². The van der Waals surface area contributed by atoms with Crippen molar-refractivity contribution in [2.75, 3.05) is 7.05 Å². The number of aliphatic hydroxyl groups is 1. The lowest BCUT2D eigenvalue weighted by molar-refractivity contribution is 0.0308. The fourth-order valence-electron chi connectivity index (χ4n) is 2.73. The highest BCUT2D eigenvalue weighted by Crippen LogP contribution is 2.42. The first kappa shape index (κ1) is 15.3. The summed E-state index contributed by atoms with van der Waals surface area (Å²) in [6.07, 6.45) is -0.191. The average molecular weight is 322 g/mol. The van der Waals surface area contributed by atoms with Crippen LogP contribution < -0.4 is 5.73 Å². The molecule has 2 atom stereocenters. The van der Waals surface area contributed by atoms with Crippen LogP contribution in [-0.2, 0) is 5.54 Å². The monoisotopic (exact) mass is 322 g/mol. The third kappa shape index (κ3) is 2.31. The lowest BCUT2D eigenvalue weighted by atomic mass is 9.82. The van der Waals surface area contributed by atoms with Crippen LogP contribution in [0.15, 0.2) is 41.5 Å². The first-order valence-corrected chi connectivity index (χ1v) is 6.69. The van der Waals surface area contributed by atoms with Crippen molar-refractivity contribution in [2.24, 2.45) is 10.7 Å². The minimum atomic E-state index is -1.66. The van der Waals surface area contributed by atoms with Gasteiger partial charge in [-0.25, -0.2) is 18.8 Å². The van der Waals surface area contributed by atoms with Crippen LogP contribution in [-0.4, -0.2) is 34.2 Å². The predicted molar refractivity (Wildman–Crippen MR) is 76.7 cm³/mol. The van der Waals surface area contributed by atoms with Gasteiger partial charge in [0.1, 0.15) is 11.6 Å². The number of halogens is 3. The summed E-state index contributed by atoms with van der Waals surface area (Å²) in [5, 5.41) is 10.6. The van der Waals surface area contributed by atoms with Gasteiger partial charge in [-0.15, -0.1) is 0 Å². The van der Waals surface area contributed by atoms with Gasteiger partial charge < -0.3 is 15.7 Å². The molecule has 3 rings (SSSR count). The van der Waals surface area contributed by atoms with Gasteiger partial charge in [-0.2, -0.15) is 4.39 Å². The molecule has 2 aromatic rings. The zero-order valence-electron chi connectivity index (χ0n) is 12.0. The normalized spacial score (nSPS) is 24.0. The second-order valence-electron chi connectivity index (χ2n) is 5.25. The highest BCUT2D eigenvalue weighted by atomic mass is 19.1. The molecule has 0 aliphatic carbocycles. The standard InChI is InChI=1S/C15H13F3N4O/c1-22-13(23)15(21-14(22)19,8-2-3-20-12(18)6-8)9-4-10(16)7-11(17)5-9/h2-7,13,23H,1H3,(H2,19,21). The molecule has 0 bridgehead atoms. The Morgan fingerprint density at radius 1 is 1.13 bits per heavy atom. The largest absolute Gasteiger partial charge is 0.370 e. The molecule has 3 N–H and O–H groups in total.